The van der Waals surface area contributed by atoms with Crippen molar-refractivity contribution in [3.63, 3.8) is 0 Å². The van der Waals surface area contributed by atoms with Crippen LogP contribution in [0.15, 0.2) is 53.5 Å². The van der Waals surface area contributed by atoms with Crippen LogP contribution in [0.2, 0.25) is 0 Å². The lowest BCUT2D eigenvalue weighted by molar-refractivity contribution is 0.101. The predicted octanol–water partition coefficient (Wildman–Crippen LogP) is 5.43. The first-order valence-corrected chi connectivity index (χ1v) is 9.18. The van der Waals surface area contributed by atoms with Crippen LogP contribution in [0.3, 0.4) is 0 Å². The maximum atomic E-state index is 11.6. The summed E-state index contributed by atoms with van der Waals surface area (Å²) in [7, 11) is 0. The van der Waals surface area contributed by atoms with Crippen molar-refractivity contribution < 1.29 is 9.90 Å². The van der Waals surface area contributed by atoms with Crippen LogP contribution in [0.5, 0.6) is 5.88 Å². The van der Waals surface area contributed by atoms with Gasteiger partial charge in [0.15, 0.2) is 9.74 Å². The summed E-state index contributed by atoms with van der Waals surface area (Å²) in [6, 6.07) is 14.9. The summed E-state index contributed by atoms with van der Waals surface area (Å²) in [4.78, 5) is 16.7. The Hall–Kier alpha value is -2.83. The molecule has 2 aromatic carbocycles. The van der Waals surface area contributed by atoms with Crippen molar-refractivity contribution in [3.8, 4) is 11.6 Å². The van der Waals surface area contributed by atoms with E-state index < -0.39 is 0 Å². The lowest BCUT2D eigenvalue weighted by Crippen LogP contribution is -1.97. The van der Waals surface area contributed by atoms with Crippen LogP contribution in [0, 0.1) is 3.95 Å². The van der Waals surface area contributed by atoms with Crippen molar-refractivity contribution in [2.45, 2.75) is 6.92 Å². The van der Waals surface area contributed by atoms with Crippen molar-refractivity contribution in [1.82, 2.24) is 4.57 Å². The third-order valence-electron chi connectivity index (χ3n) is 4.17. The SMILES string of the molecule is CC(=O)c1cccc(-n2c(O)c(C=C3C=Nc4ccccc43)sc2=S)c1. The number of hydrogen-bond donors (Lipinski definition) is 1. The number of thiazole rings is 1. The highest BCUT2D eigenvalue weighted by atomic mass is 32.1. The van der Waals surface area contributed by atoms with Gasteiger partial charge >= 0.3 is 0 Å². The molecule has 1 N–H and O–H groups in total. The first-order chi connectivity index (χ1) is 12.5. The number of nitrogens with zero attached hydrogens (tertiary/aromatic N) is 2. The van der Waals surface area contributed by atoms with E-state index in [-0.39, 0.29) is 11.7 Å². The fourth-order valence-electron chi connectivity index (χ4n) is 2.86. The number of benzene rings is 2. The predicted molar refractivity (Wildman–Crippen MR) is 109 cm³/mol. The molecule has 0 saturated carbocycles. The summed E-state index contributed by atoms with van der Waals surface area (Å²) in [5, 5.41) is 10.7. The highest BCUT2D eigenvalue weighted by Crippen LogP contribution is 2.36. The molecular weight excluding hydrogens is 364 g/mol. The fourth-order valence-corrected chi connectivity index (χ4v) is 4.16. The van der Waals surface area contributed by atoms with E-state index in [1.807, 2.05) is 36.4 Å². The van der Waals surface area contributed by atoms with Crippen LogP contribution in [0.4, 0.5) is 5.69 Å². The van der Waals surface area contributed by atoms with Crippen molar-refractivity contribution >= 4 is 52.9 Å². The van der Waals surface area contributed by atoms with Gasteiger partial charge in [0.2, 0.25) is 5.88 Å². The van der Waals surface area contributed by atoms with E-state index in [4.69, 9.17) is 12.2 Å². The average Bonchev–Trinajstić information content (AvgIpc) is 3.16. The highest BCUT2D eigenvalue weighted by molar-refractivity contribution is 7.73. The number of aromatic hydroxyl groups is 1. The molecule has 0 bridgehead atoms. The quantitative estimate of drug-likeness (QED) is 0.488. The lowest BCUT2D eigenvalue weighted by atomic mass is 10.1. The van der Waals surface area contributed by atoms with E-state index in [0.29, 0.717) is 20.1 Å². The van der Waals surface area contributed by atoms with Crippen molar-refractivity contribution in [2.75, 3.05) is 0 Å². The second-order valence-electron chi connectivity index (χ2n) is 5.87. The Morgan fingerprint density at radius 2 is 2.04 bits per heavy atom. The van der Waals surface area contributed by atoms with Gasteiger partial charge in [-0.3, -0.25) is 14.4 Å². The summed E-state index contributed by atoms with van der Waals surface area (Å²) < 4.78 is 2.09. The summed E-state index contributed by atoms with van der Waals surface area (Å²) in [6.45, 7) is 1.51. The molecule has 1 aliphatic heterocycles. The minimum atomic E-state index is -0.0331. The molecule has 0 amide bonds. The van der Waals surface area contributed by atoms with Gasteiger partial charge in [-0.15, -0.1) is 11.3 Å². The molecule has 128 valence electrons. The van der Waals surface area contributed by atoms with E-state index in [1.54, 1.807) is 29.0 Å². The average molecular weight is 378 g/mol. The number of allylic oxidation sites excluding steroid dienone is 1. The van der Waals surface area contributed by atoms with Gasteiger partial charge in [-0.2, -0.15) is 0 Å². The number of carbonyl (C=O) groups excluding carboxylic acids is 1. The number of rotatable bonds is 3. The van der Waals surface area contributed by atoms with Gasteiger partial charge < -0.3 is 5.11 Å². The minimum Gasteiger partial charge on any atom is -0.493 e. The van der Waals surface area contributed by atoms with Crippen LogP contribution in [-0.2, 0) is 0 Å². The first-order valence-electron chi connectivity index (χ1n) is 7.96. The number of fused-ring (bicyclic) bond motifs is 1. The second kappa shape index (κ2) is 6.48. The number of Topliss-reactive ketones (excluding diaryl/α,β-unsaturated/α-hetero) is 1. The van der Waals surface area contributed by atoms with Gasteiger partial charge in [0.1, 0.15) is 0 Å². The van der Waals surface area contributed by atoms with Crippen LogP contribution in [0.25, 0.3) is 17.3 Å². The van der Waals surface area contributed by atoms with Crippen LogP contribution in [0.1, 0.15) is 27.7 Å². The summed E-state index contributed by atoms with van der Waals surface area (Å²) in [6.07, 6.45) is 3.67. The number of hydrogen-bond acceptors (Lipinski definition) is 5. The summed E-state index contributed by atoms with van der Waals surface area (Å²) in [5.74, 6) is 0.0280. The van der Waals surface area contributed by atoms with Gasteiger partial charge in [-0.05, 0) is 43.4 Å². The Balaban J connectivity index is 1.81. The number of carbonyl (C=O) groups is 1. The normalized spacial score (nSPS) is 14.0. The van der Waals surface area contributed by atoms with Crippen molar-refractivity contribution in [3.05, 3.63) is 68.5 Å². The monoisotopic (exact) mass is 378 g/mol. The third kappa shape index (κ3) is 2.83. The van der Waals surface area contributed by atoms with E-state index in [9.17, 15) is 9.90 Å². The molecule has 2 heterocycles. The zero-order valence-electron chi connectivity index (χ0n) is 13.8. The smallest absolute Gasteiger partial charge is 0.215 e. The van der Waals surface area contributed by atoms with E-state index in [1.165, 1.54) is 18.3 Å². The number of aromatic nitrogens is 1. The highest BCUT2D eigenvalue weighted by Gasteiger charge is 2.16. The van der Waals surface area contributed by atoms with Gasteiger partial charge in [-0.1, -0.05) is 30.3 Å². The van der Waals surface area contributed by atoms with E-state index in [2.05, 4.69) is 4.99 Å². The molecule has 3 aromatic rings. The van der Waals surface area contributed by atoms with Crippen molar-refractivity contribution in [2.24, 2.45) is 4.99 Å². The number of ketones is 1. The third-order valence-corrected chi connectivity index (χ3v) is 5.48. The number of aliphatic imine (C=N–C) groups is 1. The lowest BCUT2D eigenvalue weighted by Gasteiger charge is -2.06. The van der Waals surface area contributed by atoms with E-state index in [0.717, 1.165) is 16.8 Å². The van der Waals surface area contributed by atoms with Crippen molar-refractivity contribution in [1.29, 1.82) is 0 Å². The maximum absolute atomic E-state index is 11.6. The summed E-state index contributed by atoms with van der Waals surface area (Å²) in [5.41, 5.74) is 4.11. The zero-order valence-corrected chi connectivity index (χ0v) is 15.5. The van der Waals surface area contributed by atoms with Gasteiger partial charge in [0.05, 0.1) is 16.3 Å². The van der Waals surface area contributed by atoms with E-state index >= 15 is 0 Å². The standard InChI is InChI=1S/C20H14N2O2S2/c1-12(23)13-5-4-6-15(9-13)22-19(24)18(26-20(22)25)10-14-11-21-17-8-3-2-7-16(14)17/h2-11,24H,1H3. The molecule has 0 aliphatic carbocycles. The Morgan fingerprint density at radius 3 is 2.85 bits per heavy atom. The molecular formula is C20H14N2O2S2. The minimum absolute atomic E-state index is 0.0331. The molecule has 6 heteroatoms. The van der Waals surface area contributed by atoms with Crippen LogP contribution < -0.4 is 0 Å². The van der Waals surface area contributed by atoms with Gasteiger partial charge in [0, 0.05) is 22.9 Å². The largest absolute Gasteiger partial charge is 0.493 e. The topological polar surface area (TPSA) is 54.6 Å². The number of para-hydroxylation sites is 1. The first kappa shape index (κ1) is 16.6. The zero-order chi connectivity index (χ0) is 18.3. The molecule has 0 fully saturated rings. The van der Waals surface area contributed by atoms with Crippen LogP contribution >= 0.6 is 23.6 Å². The van der Waals surface area contributed by atoms with Gasteiger partial charge in [-0.25, -0.2) is 0 Å². The maximum Gasteiger partial charge on any atom is 0.215 e. The Bertz CT molecular complexity index is 1150. The van der Waals surface area contributed by atoms with Crippen LogP contribution in [-0.4, -0.2) is 21.7 Å². The molecule has 0 radical (unpaired) electrons. The molecule has 0 spiro atoms. The summed E-state index contributed by atoms with van der Waals surface area (Å²) >= 11 is 6.76. The Labute approximate surface area is 159 Å². The molecule has 4 rings (SSSR count). The molecule has 4 nitrogen and oxygen atoms in total. The molecule has 26 heavy (non-hydrogen) atoms. The molecule has 1 aliphatic rings. The molecule has 0 atom stereocenters. The molecule has 0 unspecified atom stereocenters. The Kier molecular flexibility index (Phi) is 4.14. The molecule has 1 aromatic heterocycles. The molecule has 0 saturated heterocycles. The second-order valence-corrected chi connectivity index (χ2v) is 7.55. The Morgan fingerprint density at radius 1 is 1.23 bits per heavy atom. The van der Waals surface area contributed by atoms with Gasteiger partial charge in [0.25, 0.3) is 0 Å². The fraction of sp³-hybridized carbons (Fsp3) is 0.0500.